The number of likely N-dealkylation sites (tertiary alicyclic amines) is 1. The van der Waals surface area contributed by atoms with E-state index in [0.29, 0.717) is 17.2 Å². The van der Waals surface area contributed by atoms with Gasteiger partial charge in [-0.05, 0) is 52.6 Å². The first-order valence-electron chi connectivity index (χ1n) is 8.09. The molecule has 0 unspecified atom stereocenters. The second kappa shape index (κ2) is 7.79. The van der Waals surface area contributed by atoms with E-state index in [9.17, 15) is 4.79 Å². The third-order valence-corrected chi connectivity index (χ3v) is 4.66. The number of hydrogen-bond donors (Lipinski definition) is 1. The summed E-state index contributed by atoms with van der Waals surface area (Å²) >= 11 is 0. The smallest absolute Gasteiger partial charge is 0.255 e. The van der Waals surface area contributed by atoms with Crippen LogP contribution in [0.25, 0.3) is 0 Å². The van der Waals surface area contributed by atoms with Crippen LogP contribution in [-0.2, 0) is 4.74 Å². The Morgan fingerprint density at radius 1 is 1.27 bits per heavy atom. The molecule has 0 radical (unpaired) electrons. The van der Waals surface area contributed by atoms with Crippen LogP contribution in [0.4, 0.5) is 0 Å². The SMILES string of the molecule is COCCN1CCC(CNC(=O)c2c(C)oc(C)c2C)CC1. The Bertz CT molecular complexity index is 502. The molecule has 5 heteroatoms. The van der Waals surface area contributed by atoms with Crippen LogP contribution in [0.1, 0.15) is 40.3 Å². The van der Waals surface area contributed by atoms with Crippen LogP contribution in [-0.4, -0.2) is 50.7 Å². The van der Waals surface area contributed by atoms with Crippen LogP contribution in [0.3, 0.4) is 0 Å². The molecule has 1 aromatic rings. The van der Waals surface area contributed by atoms with Gasteiger partial charge >= 0.3 is 0 Å². The molecule has 0 spiro atoms. The molecular formula is C17H28N2O3. The molecular weight excluding hydrogens is 280 g/mol. The molecule has 0 bridgehead atoms. The van der Waals surface area contributed by atoms with Crippen LogP contribution in [0.2, 0.25) is 0 Å². The lowest BCUT2D eigenvalue weighted by Gasteiger charge is -2.31. The van der Waals surface area contributed by atoms with Crippen molar-refractivity contribution in [2.75, 3.05) is 39.9 Å². The van der Waals surface area contributed by atoms with Crippen LogP contribution in [0, 0.1) is 26.7 Å². The van der Waals surface area contributed by atoms with Gasteiger partial charge in [-0.25, -0.2) is 0 Å². The number of nitrogens with one attached hydrogen (secondary N) is 1. The van der Waals surface area contributed by atoms with Crippen molar-refractivity contribution in [3.05, 3.63) is 22.6 Å². The van der Waals surface area contributed by atoms with Gasteiger partial charge in [-0.2, -0.15) is 0 Å². The number of piperidine rings is 1. The van der Waals surface area contributed by atoms with Gasteiger partial charge in [0.05, 0.1) is 12.2 Å². The third-order valence-electron chi connectivity index (χ3n) is 4.66. The number of rotatable bonds is 6. The highest BCUT2D eigenvalue weighted by Gasteiger charge is 2.22. The maximum Gasteiger partial charge on any atom is 0.255 e. The first-order valence-corrected chi connectivity index (χ1v) is 8.09. The van der Waals surface area contributed by atoms with Crippen LogP contribution in [0.15, 0.2) is 4.42 Å². The molecule has 1 fully saturated rings. The van der Waals surface area contributed by atoms with Crippen molar-refractivity contribution in [1.82, 2.24) is 10.2 Å². The Kier molecular flexibility index (Phi) is 6.03. The molecule has 1 aliphatic heterocycles. The zero-order chi connectivity index (χ0) is 16.1. The monoisotopic (exact) mass is 308 g/mol. The second-order valence-corrected chi connectivity index (χ2v) is 6.20. The number of carbonyl (C=O) groups excluding carboxylic acids is 1. The van der Waals surface area contributed by atoms with Gasteiger partial charge < -0.3 is 19.4 Å². The normalized spacial score (nSPS) is 16.9. The minimum Gasteiger partial charge on any atom is -0.466 e. The first kappa shape index (κ1) is 17.0. The summed E-state index contributed by atoms with van der Waals surface area (Å²) < 4.78 is 10.6. The molecule has 5 nitrogen and oxygen atoms in total. The van der Waals surface area contributed by atoms with Crippen molar-refractivity contribution < 1.29 is 13.9 Å². The molecule has 1 amide bonds. The van der Waals surface area contributed by atoms with Crippen LogP contribution >= 0.6 is 0 Å². The molecule has 0 atom stereocenters. The van der Waals surface area contributed by atoms with Gasteiger partial charge in [0.2, 0.25) is 0 Å². The molecule has 0 saturated carbocycles. The fourth-order valence-electron chi connectivity index (χ4n) is 3.09. The van der Waals surface area contributed by atoms with Crippen LogP contribution in [0.5, 0.6) is 0 Å². The van der Waals surface area contributed by atoms with Gasteiger partial charge in [0.15, 0.2) is 0 Å². The van der Waals surface area contributed by atoms with Gasteiger partial charge in [-0.1, -0.05) is 0 Å². The van der Waals surface area contributed by atoms with Crippen molar-refractivity contribution in [2.45, 2.75) is 33.6 Å². The van der Waals surface area contributed by atoms with Crippen molar-refractivity contribution in [1.29, 1.82) is 0 Å². The van der Waals surface area contributed by atoms with Gasteiger partial charge in [-0.3, -0.25) is 4.79 Å². The van der Waals surface area contributed by atoms with Gasteiger partial charge in [-0.15, -0.1) is 0 Å². The fourth-order valence-corrected chi connectivity index (χ4v) is 3.09. The maximum absolute atomic E-state index is 12.3. The minimum atomic E-state index is -0.00587. The summed E-state index contributed by atoms with van der Waals surface area (Å²) in [5, 5.41) is 3.08. The summed E-state index contributed by atoms with van der Waals surface area (Å²) in [6.45, 7) is 10.4. The number of hydrogen-bond acceptors (Lipinski definition) is 4. The van der Waals surface area contributed by atoms with E-state index >= 15 is 0 Å². The number of carbonyl (C=O) groups is 1. The van der Waals surface area contributed by atoms with Crippen molar-refractivity contribution in [2.24, 2.45) is 5.92 Å². The summed E-state index contributed by atoms with van der Waals surface area (Å²) in [5.74, 6) is 2.10. The molecule has 1 N–H and O–H groups in total. The Morgan fingerprint density at radius 3 is 2.50 bits per heavy atom. The van der Waals surface area contributed by atoms with E-state index in [1.807, 2.05) is 20.8 Å². The fraction of sp³-hybridized carbons (Fsp3) is 0.706. The highest BCUT2D eigenvalue weighted by Crippen LogP contribution is 2.21. The van der Waals surface area contributed by atoms with Gasteiger partial charge in [0.25, 0.3) is 5.91 Å². The Morgan fingerprint density at radius 2 is 1.95 bits per heavy atom. The Labute approximate surface area is 133 Å². The quantitative estimate of drug-likeness (QED) is 0.876. The number of amides is 1. The summed E-state index contributed by atoms with van der Waals surface area (Å²) in [7, 11) is 1.74. The summed E-state index contributed by atoms with van der Waals surface area (Å²) in [6.07, 6.45) is 2.26. The van der Waals surface area contributed by atoms with Gasteiger partial charge in [0, 0.05) is 25.8 Å². The van der Waals surface area contributed by atoms with E-state index in [1.54, 1.807) is 7.11 Å². The molecule has 1 saturated heterocycles. The first-order chi connectivity index (χ1) is 10.5. The van der Waals surface area contributed by atoms with Gasteiger partial charge in [0.1, 0.15) is 11.5 Å². The van der Waals surface area contributed by atoms with E-state index in [-0.39, 0.29) is 5.91 Å². The van der Waals surface area contributed by atoms with E-state index in [1.165, 1.54) is 0 Å². The summed E-state index contributed by atoms with van der Waals surface area (Å²) in [5.41, 5.74) is 1.65. The van der Waals surface area contributed by atoms with Crippen molar-refractivity contribution >= 4 is 5.91 Å². The molecule has 1 aromatic heterocycles. The van der Waals surface area contributed by atoms with Crippen LogP contribution < -0.4 is 5.32 Å². The summed E-state index contributed by atoms with van der Waals surface area (Å²) in [4.78, 5) is 14.8. The predicted molar refractivity (Wildman–Crippen MR) is 86.3 cm³/mol. The zero-order valence-electron chi connectivity index (χ0n) is 14.2. The third kappa shape index (κ3) is 4.11. The largest absolute Gasteiger partial charge is 0.466 e. The number of furan rings is 1. The Balaban J connectivity index is 1.78. The predicted octanol–water partition coefficient (Wildman–Crippen LogP) is 2.29. The molecule has 2 rings (SSSR count). The molecule has 22 heavy (non-hydrogen) atoms. The lowest BCUT2D eigenvalue weighted by molar-refractivity contribution is 0.0924. The number of nitrogens with zero attached hydrogens (tertiary/aromatic N) is 1. The van der Waals surface area contributed by atoms with Crippen molar-refractivity contribution in [3.63, 3.8) is 0 Å². The van der Waals surface area contributed by atoms with E-state index < -0.39 is 0 Å². The number of ether oxygens (including phenoxy) is 1. The van der Waals surface area contributed by atoms with E-state index in [2.05, 4.69) is 10.2 Å². The Hall–Kier alpha value is -1.33. The lowest BCUT2D eigenvalue weighted by Crippen LogP contribution is -2.40. The molecule has 1 aliphatic rings. The standard InChI is InChI=1S/C17H28N2O3/c1-12-13(2)22-14(3)16(12)17(20)18-11-15-5-7-19(8-6-15)9-10-21-4/h15H,5-11H2,1-4H3,(H,18,20). The van der Waals surface area contributed by atoms with Crippen molar-refractivity contribution in [3.8, 4) is 0 Å². The number of aryl methyl sites for hydroxylation is 2. The highest BCUT2D eigenvalue weighted by molar-refractivity contribution is 5.96. The zero-order valence-corrected chi connectivity index (χ0v) is 14.2. The highest BCUT2D eigenvalue weighted by atomic mass is 16.5. The number of methoxy groups -OCH3 is 1. The topological polar surface area (TPSA) is 54.7 Å². The molecule has 0 aliphatic carbocycles. The molecule has 124 valence electrons. The van der Waals surface area contributed by atoms with E-state index in [0.717, 1.165) is 57.0 Å². The lowest BCUT2D eigenvalue weighted by atomic mass is 9.96. The molecule has 0 aromatic carbocycles. The summed E-state index contributed by atoms with van der Waals surface area (Å²) in [6, 6.07) is 0. The minimum absolute atomic E-state index is 0.00587. The van der Waals surface area contributed by atoms with E-state index in [4.69, 9.17) is 9.15 Å². The maximum atomic E-state index is 12.3. The second-order valence-electron chi connectivity index (χ2n) is 6.20. The average molecular weight is 308 g/mol. The average Bonchev–Trinajstić information content (AvgIpc) is 2.76. The molecule has 2 heterocycles.